The van der Waals surface area contributed by atoms with Crippen LogP contribution in [0.25, 0.3) is 12.2 Å². The number of rotatable bonds is 9. The van der Waals surface area contributed by atoms with Crippen molar-refractivity contribution in [2.45, 2.75) is 32.5 Å². The highest BCUT2D eigenvalue weighted by Crippen LogP contribution is 2.36. The molecule has 5 nitrogen and oxygen atoms in total. The Hall–Kier alpha value is -3.41. The molecule has 3 aromatic carbocycles. The van der Waals surface area contributed by atoms with Gasteiger partial charge in [0, 0.05) is 13.5 Å². The van der Waals surface area contributed by atoms with Crippen molar-refractivity contribution in [3.63, 3.8) is 0 Å². The van der Waals surface area contributed by atoms with E-state index in [1.54, 1.807) is 0 Å². The Morgan fingerprint density at radius 1 is 0.882 bits per heavy atom. The first-order valence-corrected chi connectivity index (χ1v) is 11.4. The van der Waals surface area contributed by atoms with Gasteiger partial charge >= 0.3 is 5.97 Å². The summed E-state index contributed by atoms with van der Waals surface area (Å²) in [5.41, 5.74) is 7.95. The molecule has 2 atom stereocenters. The van der Waals surface area contributed by atoms with Gasteiger partial charge < -0.3 is 19.3 Å². The van der Waals surface area contributed by atoms with Gasteiger partial charge in [0.25, 0.3) is 0 Å². The molecule has 0 aromatic heterocycles. The second kappa shape index (κ2) is 10.7. The molecule has 1 N–H and O–H groups in total. The maximum Gasteiger partial charge on any atom is 0.333 e. The molecular formula is C29H30O5. The third-order valence-corrected chi connectivity index (χ3v) is 6.03. The van der Waals surface area contributed by atoms with E-state index < -0.39 is 12.1 Å². The molecule has 0 aliphatic heterocycles. The van der Waals surface area contributed by atoms with E-state index in [1.807, 2.05) is 24.3 Å². The zero-order valence-electron chi connectivity index (χ0n) is 19.8. The molecule has 1 aliphatic rings. The number of fused-ring (bicyclic) bond motifs is 2. The van der Waals surface area contributed by atoms with Gasteiger partial charge in [0.2, 0.25) is 0 Å². The van der Waals surface area contributed by atoms with Gasteiger partial charge in [0.05, 0.1) is 6.61 Å². The van der Waals surface area contributed by atoms with Crippen LogP contribution in [0.1, 0.15) is 45.0 Å². The summed E-state index contributed by atoms with van der Waals surface area (Å²) >= 11 is 0. The van der Waals surface area contributed by atoms with Crippen molar-refractivity contribution in [2.24, 2.45) is 0 Å². The van der Waals surface area contributed by atoms with Crippen LogP contribution in [-0.2, 0) is 20.7 Å². The van der Waals surface area contributed by atoms with Gasteiger partial charge in [-0.3, -0.25) is 0 Å². The van der Waals surface area contributed by atoms with Crippen LogP contribution in [0.2, 0.25) is 0 Å². The van der Waals surface area contributed by atoms with Crippen LogP contribution in [0.3, 0.4) is 0 Å². The molecule has 0 amide bonds. The minimum atomic E-state index is -0.970. The van der Waals surface area contributed by atoms with Gasteiger partial charge in [0.15, 0.2) is 6.10 Å². The molecular weight excluding hydrogens is 428 g/mol. The number of carbonyl (C=O) groups is 1. The van der Waals surface area contributed by atoms with E-state index in [1.165, 1.54) is 23.8 Å². The Balaban J connectivity index is 1.41. The summed E-state index contributed by atoms with van der Waals surface area (Å²) in [6.07, 6.45) is 3.60. The summed E-state index contributed by atoms with van der Waals surface area (Å²) in [5, 5.41) is 9.14. The minimum Gasteiger partial charge on any atom is -0.491 e. The minimum absolute atomic E-state index is 0.173. The lowest BCUT2D eigenvalue weighted by Gasteiger charge is -2.22. The van der Waals surface area contributed by atoms with E-state index in [2.05, 4.69) is 62.4 Å². The number of methoxy groups -OCH3 is 1. The number of aliphatic carboxylic acids is 1. The molecule has 3 aromatic rings. The van der Waals surface area contributed by atoms with E-state index in [0.717, 1.165) is 22.3 Å². The molecule has 0 fully saturated rings. The lowest BCUT2D eigenvalue weighted by atomic mass is 9.94. The number of hydrogen-bond donors (Lipinski definition) is 1. The summed E-state index contributed by atoms with van der Waals surface area (Å²) < 4.78 is 17.3. The fourth-order valence-electron chi connectivity index (χ4n) is 4.21. The van der Waals surface area contributed by atoms with Crippen LogP contribution in [-0.4, -0.2) is 37.5 Å². The fourth-order valence-corrected chi connectivity index (χ4v) is 4.21. The van der Waals surface area contributed by atoms with E-state index in [9.17, 15) is 4.79 Å². The van der Waals surface area contributed by atoms with Crippen molar-refractivity contribution in [2.75, 3.05) is 20.3 Å². The zero-order chi connectivity index (χ0) is 24.1. The lowest BCUT2D eigenvalue weighted by molar-refractivity contribution is -0.148. The predicted molar refractivity (Wildman–Crippen MR) is 133 cm³/mol. The summed E-state index contributed by atoms with van der Waals surface area (Å²) in [5.74, 6) is -0.256. The highest BCUT2D eigenvalue weighted by Gasteiger charge is 2.22. The quantitative estimate of drug-likeness (QED) is 0.422. The van der Waals surface area contributed by atoms with Gasteiger partial charge in [-0.1, -0.05) is 71.8 Å². The molecule has 0 saturated carbocycles. The van der Waals surface area contributed by atoms with E-state index in [-0.39, 0.29) is 6.10 Å². The van der Waals surface area contributed by atoms with E-state index in [0.29, 0.717) is 25.4 Å². The van der Waals surface area contributed by atoms with Crippen LogP contribution in [0.15, 0.2) is 60.7 Å². The Bertz CT molecular complexity index is 1180. The molecule has 4 rings (SSSR count). The first-order valence-electron chi connectivity index (χ1n) is 11.4. The maximum atomic E-state index is 11.1. The van der Waals surface area contributed by atoms with Crippen molar-refractivity contribution in [3.8, 4) is 5.75 Å². The largest absolute Gasteiger partial charge is 0.491 e. The van der Waals surface area contributed by atoms with Crippen molar-refractivity contribution in [1.29, 1.82) is 0 Å². The monoisotopic (exact) mass is 458 g/mol. The number of carboxylic acids is 1. The standard InChI is InChI=1S/C29H30O5/c1-19-5-13-25-23(16-19)10-9-22-8-4-20(2)17-26(22)28(25)34-15-14-33-24-11-6-21(7-12-24)18-27(32-3)29(30)31/h4-13,16-17,27-28H,14-15,18H2,1-3H3,(H,30,31). The lowest BCUT2D eigenvalue weighted by Crippen LogP contribution is -2.24. The zero-order valence-corrected chi connectivity index (χ0v) is 19.8. The number of benzene rings is 3. The molecule has 34 heavy (non-hydrogen) atoms. The number of hydrogen-bond acceptors (Lipinski definition) is 4. The Kier molecular flexibility index (Phi) is 7.46. The van der Waals surface area contributed by atoms with Crippen LogP contribution >= 0.6 is 0 Å². The Morgan fingerprint density at radius 3 is 2.32 bits per heavy atom. The van der Waals surface area contributed by atoms with Gasteiger partial charge in [-0.15, -0.1) is 0 Å². The van der Waals surface area contributed by atoms with Crippen molar-refractivity contribution in [3.05, 3.63) is 99.6 Å². The summed E-state index contributed by atoms with van der Waals surface area (Å²) in [7, 11) is 1.40. The van der Waals surface area contributed by atoms with Crippen LogP contribution in [0, 0.1) is 13.8 Å². The van der Waals surface area contributed by atoms with Gasteiger partial charge in [0.1, 0.15) is 18.5 Å². The first-order chi connectivity index (χ1) is 16.4. The summed E-state index contributed by atoms with van der Waals surface area (Å²) in [6.45, 7) is 5.03. The molecule has 0 bridgehead atoms. The fraction of sp³-hybridized carbons (Fsp3) is 0.276. The van der Waals surface area contributed by atoms with Crippen LogP contribution in [0.5, 0.6) is 5.75 Å². The SMILES string of the molecule is COC(Cc1ccc(OCCOC2c3ccc(C)cc3C=Cc3ccc(C)cc32)cc1)C(=O)O. The normalized spacial score (nSPS) is 15.2. The predicted octanol–water partition coefficient (Wildman–Crippen LogP) is 5.61. The molecule has 5 heteroatoms. The summed E-state index contributed by atoms with van der Waals surface area (Å²) in [4.78, 5) is 11.1. The van der Waals surface area contributed by atoms with Gasteiger partial charge in [-0.2, -0.15) is 0 Å². The van der Waals surface area contributed by atoms with Crippen molar-refractivity contribution in [1.82, 2.24) is 0 Å². The smallest absolute Gasteiger partial charge is 0.333 e. The van der Waals surface area contributed by atoms with Crippen molar-refractivity contribution < 1.29 is 24.1 Å². The molecule has 0 spiro atoms. The molecule has 176 valence electrons. The molecule has 0 saturated heterocycles. The Labute approximate surface area is 200 Å². The third kappa shape index (κ3) is 5.56. The maximum absolute atomic E-state index is 11.1. The van der Waals surface area contributed by atoms with Crippen LogP contribution in [0.4, 0.5) is 0 Å². The van der Waals surface area contributed by atoms with E-state index >= 15 is 0 Å². The van der Waals surface area contributed by atoms with Gasteiger partial charge in [-0.25, -0.2) is 4.79 Å². The molecule has 0 heterocycles. The average molecular weight is 459 g/mol. The Morgan fingerprint density at radius 2 is 1.59 bits per heavy atom. The second-order valence-electron chi connectivity index (χ2n) is 8.61. The number of aryl methyl sites for hydroxylation is 2. The third-order valence-electron chi connectivity index (χ3n) is 6.03. The molecule has 2 unspecified atom stereocenters. The average Bonchev–Trinajstić information content (AvgIpc) is 2.97. The van der Waals surface area contributed by atoms with Crippen molar-refractivity contribution >= 4 is 18.1 Å². The highest BCUT2D eigenvalue weighted by atomic mass is 16.5. The van der Waals surface area contributed by atoms with Gasteiger partial charge in [-0.05, 0) is 53.8 Å². The summed E-state index contributed by atoms with van der Waals surface area (Å²) in [6, 6.07) is 20.3. The number of ether oxygens (including phenoxy) is 3. The van der Waals surface area contributed by atoms with E-state index in [4.69, 9.17) is 19.3 Å². The highest BCUT2D eigenvalue weighted by molar-refractivity contribution is 5.76. The van der Waals surface area contributed by atoms with Crippen LogP contribution < -0.4 is 4.74 Å². The number of carboxylic acid groups (broad SMARTS) is 1. The topological polar surface area (TPSA) is 65.0 Å². The second-order valence-corrected chi connectivity index (χ2v) is 8.61. The molecule has 1 aliphatic carbocycles. The first kappa shape index (κ1) is 23.7. The molecule has 0 radical (unpaired) electrons.